The van der Waals surface area contributed by atoms with Crippen molar-refractivity contribution in [1.29, 1.82) is 0 Å². The highest BCUT2D eigenvalue weighted by Crippen LogP contribution is 2.22. The maximum absolute atomic E-state index is 12.4. The molecular formula is C16H13N3O3. The van der Waals surface area contributed by atoms with Crippen molar-refractivity contribution in [3.05, 3.63) is 70.4 Å². The highest BCUT2D eigenvalue weighted by molar-refractivity contribution is 6.13. The van der Waals surface area contributed by atoms with Crippen molar-refractivity contribution in [2.24, 2.45) is 7.05 Å². The van der Waals surface area contributed by atoms with E-state index < -0.39 is 4.92 Å². The fraction of sp³-hybridized carbons (Fsp3) is 0.0625. The van der Waals surface area contributed by atoms with Crippen molar-refractivity contribution < 1.29 is 9.72 Å². The molecule has 6 heteroatoms. The lowest BCUT2D eigenvalue weighted by Gasteiger charge is -2.04. The summed E-state index contributed by atoms with van der Waals surface area (Å²) >= 11 is 0. The number of para-hydroxylation sites is 1. The van der Waals surface area contributed by atoms with E-state index >= 15 is 0 Å². The van der Waals surface area contributed by atoms with Gasteiger partial charge in [0.05, 0.1) is 10.5 Å². The van der Waals surface area contributed by atoms with Crippen LogP contribution in [0.5, 0.6) is 0 Å². The molecule has 1 amide bonds. The van der Waals surface area contributed by atoms with E-state index in [9.17, 15) is 14.9 Å². The first-order chi connectivity index (χ1) is 10.6. The SMILES string of the molecule is Cn1cc(C(=O)Nc2cccc([N+](=O)[O-])c2)c2ccccc21. The predicted octanol–water partition coefficient (Wildman–Crippen LogP) is 3.34. The van der Waals surface area contributed by atoms with Crippen LogP contribution in [0.25, 0.3) is 10.9 Å². The van der Waals surface area contributed by atoms with E-state index in [4.69, 9.17) is 0 Å². The van der Waals surface area contributed by atoms with E-state index in [1.165, 1.54) is 18.2 Å². The van der Waals surface area contributed by atoms with Crippen LogP contribution in [0.15, 0.2) is 54.7 Å². The molecule has 6 nitrogen and oxygen atoms in total. The zero-order valence-corrected chi connectivity index (χ0v) is 11.8. The lowest BCUT2D eigenvalue weighted by Crippen LogP contribution is -2.11. The Morgan fingerprint density at radius 3 is 2.73 bits per heavy atom. The maximum Gasteiger partial charge on any atom is 0.271 e. The Labute approximate surface area is 126 Å². The first-order valence-corrected chi connectivity index (χ1v) is 6.66. The summed E-state index contributed by atoms with van der Waals surface area (Å²) in [6, 6.07) is 13.5. The molecule has 0 radical (unpaired) electrons. The number of aryl methyl sites for hydroxylation is 1. The summed E-state index contributed by atoms with van der Waals surface area (Å²) < 4.78 is 1.87. The molecule has 3 aromatic rings. The topological polar surface area (TPSA) is 77.2 Å². The Bertz CT molecular complexity index is 883. The Hall–Kier alpha value is -3.15. The molecule has 110 valence electrons. The third-order valence-corrected chi connectivity index (χ3v) is 3.46. The lowest BCUT2D eigenvalue weighted by molar-refractivity contribution is -0.384. The number of nitrogens with one attached hydrogen (secondary N) is 1. The molecule has 0 saturated heterocycles. The molecule has 1 N–H and O–H groups in total. The second-order valence-corrected chi connectivity index (χ2v) is 4.93. The molecule has 0 aliphatic carbocycles. The number of nitro benzene ring substituents is 1. The van der Waals surface area contributed by atoms with E-state index in [-0.39, 0.29) is 11.6 Å². The van der Waals surface area contributed by atoms with Crippen molar-refractivity contribution in [2.75, 3.05) is 5.32 Å². The molecule has 0 spiro atoms. The second-order valence-electron chi connectivity index (χ2n) is 4.93. The van der Waals surface area contributed by atoms with E-state index in [1.807, 2.05) is 35.9 Å². The molecule has 0 atom stereocenters. The number of anilines is 1. The average molecular weight is 295 g/mol. The number of fused-ring (bicyclic) bond motifs is 1. The minimum atomic E-state index is -0.492. The number of non-ortho nitro benzene ring substituents is 1. The van der Waals surface area contributed by atoms with Gasteiger partial charge in [-0.3, -0.25) is 14.9 Å². The summed E-state index contributed by atoms with van der Waals surface area (Å²) in [6.45, 7) is 0. The lowest BCUT2D eigenvalue weighted by atomic mass is 10.1. The molecule has 0 saturated carbocycles. The van der Waals surface area contributed by atoms with Crippen molar-refractivity contribution >= 4 is 28.2 Å². The summed E-state index contributed by atoms with van der Waals surface area (Å²) in [6.07, 6.45) is 1.75. The van der Waals surface area contributed by atoms with Gasteiger partial charge >= 0.3 is 0 Å². The first-order valence-electron chi connectivity index (χ1n) is 6.66. The number of rotatable bonds is 3. The van der Waals surface area contributed by atoms with Gasteiger partial charge in [0, 0.05) is 42.0 Å². The van der Waals surface area contributed by atoms with Gasteiger partial charge in [-0.15, -0.1) is 0 Å². The number of carbonyl (C=O) groups excluding carboxylic acids is 1. The van der Waals surface area contributed by atoms with Gasteiger partial charge in [0.25, 0.3) is 11.6 Å². The van der Waals surface area contributed by atoms with E-state index in [1.54, 1.807) is 12.3 Å². The summed E-state index contributed by atoms with van der Waals surface area (Å²) in [5, 5.41) is 14.3. The minimum absolute atomic E-state index is 0.0595. The van der Waals surface area contributed by atoms with E-state index in [0.717, 1.165) is 10.9 Å². The maximum atomic E-state index is 12.4. The standard InChI is InChI=1S/C16H13N3O3/c1-18-10-14(13-7-2-3-8-15(13)18)16(20)17-11-5-4-6-12(9-11)19(21)22/h2-10H,1H3,(H,17,20). The van der Waals surface area contributed by atoms with Gasteiger partial charge < -0.3 is 9.88 Å². The highest BCUT2D eigenvalue weighted by Gasteiger charge is 2.14. The number of hydrogen-bond donors (Lipinski definition) is 1. The molecule has 0 unspecified atom stereocenters. The van der Waals surface area contributed by atoms with Gasteiger partial charge in [0.1, 0.15) is 0 Å². The van der Waals surface area contributed by atoms with Gasteiger partial charge in [-0.25, -0.2) is 0 Å². The third kappa shape index (κ3) is 2.42. The summed E-state index contributed by atoms with van der Waals surface area (Å²) in [4.78, 5) is 22.7. The molecule has 1 heterocycles. The fourth-order valence-corrected chi connectivity index (χ4v) is 2.42. The summed E-state index contributed by atoms with van der Waals surface area (Å²) in [5.74, 6) is -0.294. The second kappa shape index (κ2) is 5.33. The number of aromatic nitrogens is 1. The molecule has 1 aromatic heterocycles. The molecule has 0 aliphatic rings. The molecular weight excluding hydrogens is 282 g/mol. The van der Waals surface area contributed by atoms with Crippen LogP contribution < -0.4 is 5.32 Å². The van der Waals surface area contributed by atoms with Gasteiger partial charge in [-0.1, -0.05) is 24.3 Å². The van der Waals surface area contributed by atoms with Crippen molar-refractivity contribution in [3.8, 4) is 0 Å². The Balaban J connectivity index is 1.94. The monoisotopic (exact) mass is 295 g/mol. The molecule has 2 aromatic carbocycles. The van der Waals surface area contributed by atoms with Gasteiger partial charge in [-0.05, 0) is 12.1 Å². The van der Waals surface area contributed by atoms with Gasteiger partial charge in [0.2, 0.25) is 0 Å². The van der Waals surface area contributed by atoms with Crippen molar-refractivity contribution in [1.82, 2.24) is 4.57 Å². The third-order valence-electron chi connectivity index (χ3n) is 3.46. The van der Waals surface area contributed by atoms with Crippen LogP contribution in [0.1, 0.15) is 10.4 Å². The normalized spacial score (nSPS) is 10.6. The van der Waals surface area contributed by atoms with Gasteiger partial charge in [-0.2, -0.15) is 0 Å². The number of carbonyl (C=O) groups is 1. The summed E-state index contributed by atoms with van der Waals surface area (Å²) in [5.41, 5.74) is 1.82. The van der Waals surface area contributed by atoms with Crippen LogP contribution in [0.2, 0.25) is 0 Å². The van der Waals surface area contributed by atoms with Gasteiger partial charge in [0.15, 0.2) is 0 Å². The predicted molar refractivity (Wildman–Crippen MR) is 84.0 cm³/mol. The van der Waals surface area contributed by atoms with Crippen LogP contribution in [-0.2, 0) is 7.05 Å². The van der Waals surface area contributed by atoms with Crippen molar-refractivity contribution in [2.45, 2.75) is 0 Å². The van der Waals surface area contributed by atoms with Crippen LogP contribution >= 0.6 is 0 Å². The smallest absolute Gasteiger partial charge is 0.271 e. The van der Waals surface area contributed by atoms with Crippen LogP contribution in [-0.4, -0.2) is 15.4 Å². The Morgan fingerprint density at radius 1 is 1.18 bits per heavy atom. The molecule has 22 heavy (non-hydrogen) atoms. The zero-order valence-electron chi connectivity index (χ0n) is 11.8. The minimum Gasteiger partial charge on any atom is -0.350 e. The Morgan fingerprint density at radius 2 is 1.95 bits per heavy atom. The average Bonchev–Trinajstić information content (AvgIpc) is 2.85. The largest absolute Gasteiger partial charge is 0.350 e. The highest BCUT2D eigenvalue weighted by atomic mass is 16.6. The number of benzene rings is 2. The molecule has 0 fully saturated rings. The number of hydrogen-bond acceptors (Lipinski definition) is 3. The number of amides is 1. The van der Waals surface area contributed by atoms with Crippen molar-refractivity contribution in [3.63, 3.8) is 0 Å². The van der Waals surface area contributed by atoms with E-state index in [2.05, 4.69) is 5.32 Å². The quantitative estimate of drug-likeness (QED) is 0.594. The zero-order chi connectivity index (χ0) is 15.7. The Kier molecular flexibility index (Phi) is 3.34. The number of nitro groups is 1. The summed E-state index contributed by atoms with van der Waals surface area (Å²) in [7, 11) is 1.87. The fourth-order valence-electron chi connectivity index (χ4n) is 2.42. The molecule has 0 bridgehead atoms. The van der Waals surface area contributed by atoms with E-state index in [0.29, 0.717) is 11.3 Å². The van der Waals surface area contributed by atoms with Crippen LogP contribution in [0.3, 0.4) is 0 Å². The molecule has 3 rings (SSSR count). The number of nitrogens with zero attached hydrogens (tertiary/aromatic N) is 2. The molecule has 0 aliphatic heterocycles. The van der Waals surface area contributed by atoms with Crippen LogP contribution in [0.4, 0.5) is 11.4 Å². The first kappa shape index (κ1) is 13.8. The van der Waals surface area contributed by atoms with Crippen LogP contribution in [0, 0.1) is 10.1 Å².